The van der Waals surface area contributed by atoms with E-state index in [0.29, 0.717) is 23.3 Å². The number of amides is 1. The zero-order valence-electron chi connectivity index (χ0n) is 15.0. The molecule has 5 heteroatoms. The first-order chi connectivity index (χ1) is 12.6. The minimum absolute atomic E-state index is 0.369. The highest BCUT2D eigenvalue weighted by atomic mass is 16.1. The second-order valence-corrected chi connectivity index (χ2v) is 7.36. The quantitative estimate of drug-likeness (QED) is 0.777. The van der Waals surface area contributed by atoms with Crippen molar-refractivity contribution in [2.45, 2.75) is 44.4 Å². The third kappa shape index (κ3) is 3.09. The minimum atomic E-state index is -0.369. The Balaban J connectivity index is 1.44. The van der Waals surface area contributed by atoms with Crippen LogP contribution in [0.1, 0.15) is 66.1 Å². The smallest absolute Gasteiger partial charge is 0.248 e. The SMILES string of the molecule is C[C@@H](c1ccc(C(N)=O)cc1)C1CCC(c2ccnc3ccnn23)CC1. The second-order valence-electron chi connectivity index (χ2n) is 7.36. The number of rotatable bonds is 4. The summed E-state index contributed by atoms with van der Waals surface area (Å²) >= 11 is 0. The Morgan fingerprint density at radius 1 is 1.08 bits per heavy atom. The molecule has 2 aromatic heterocycles. The molecule has 4 rings (SSSR count). The Labute approximate surface area is 153 Å². The van der Waals surface area contributed by atoms with Crippen LogP contribution < -0.4 is 5.73 Å². The largest absolute Gasteiger partial charge is 0.366 e. The van der Waals surface area contributed by atoms with E-state index in [1.807, 2.05) is 47.2 Å². The van der Waals surface area contributed by atoms with Gasteiger partial charge in [0.1, 0.15) is 0 Å². The molecule has 2 heterocycles. The van der Waals surface area contributed by atoms with Crippen molar-refractivity contribution in [2.75, 3.05) is 0 Å². The number of hydrogen-bond acceptors (Lipinski definition) is 3. The lowest BCUT2D eigenvalue weighted by Gasteiger charge is -2.32. The van der Waals surface area contributed by atoms with Crippen LogP contribution in [0.25, 0.3) is 5.65 Å². The van der Waals surface area contributed by atoms with Crippen LogP contribution in [0.4, 0.5) is 0 Å². The lowest BCUT2D eigenvalue weighted by atomic mass is 9.73. The zero-order valence-corrected chi connectivity index (χ0v) is 15.0. The molecule has 0 spiro atoms. The first-order valence-electron chi connectivity index (χ1n) is 9.32. The van der Waals surface area contributed by atoms with Crippen LogP contribution in [0.3, 0.4) is 0 Å². The van der Waals surface area contributed by atoms with Crippen LogP contribution in [0, 0.1) is 5.92 Å². The van der Waals surface area contributed by atoms with E-state index in [1.165, 1.54) is 36.9 Å². The monoisotopic (exact) mass is 348 g/mol. The maximum atomic E-state index is 11.2. The molecule has 134 valence electrons. The van der Waals surface area contributed by atoms with Gasteiger partial charge < -0.3 is 5.73 Å². The van der Waals surface area contributed by atoms with E-state index in [4.69, 9.17) is 5.73 Å². The number of hydrogen-bond donors (Lipinski definition) is 1. The zero-order chi connectivity index (χ0) is 18.1. The summed E-state index contributed by atoms with van der Waals surface area (Å²) in [6.07, 6.45) is 8.46. The average molecular weight is 348 g/mol. The molecular weight excluding hydrogens is 324 g/mol. The van der Waals surface area contributed by atoms with Gasteiger partial charge in [-0.25, -0.2) is 9.50 Å². The molecule has 0 unspecified atom stereocenters. The summed E-state index contributed by atoms with van der Waals surface area (Å²) in [6, 6.07) is 11.8. The van der Waals surface area contributed by atoms with Gasteiger partial charge in [-0.15, -0.1) is 0 Å². The first kappa shape index (κ1) is 16.8. The average Bonchev–Trinajstić information content (AvgIpc) is 3.16. The third-order valence-corrected chi connectivity index (χ3v) is 5.94. The fourth-order valence-corrected chi connectivity index (χ4v) is 4.30. The molecule has 5 nitrogen and oxygen atoms in total. The highest BCUT2D eigenvalue weighted by Crippen LogP contribution is 2.41. The summed E-state index contributed by atoms with van der Waals surface area (Å²) in [6.45, 7) is 2.29. The second kappa shape index (κ2) is 6.90. The molecule has 1 fully saturated rings. The number of carbonyl (C=O) groups excluding carboxylic acids is 1. The summed E-state index contributed by atoms with van der Waals surface area (Å²) in [5, 5.41) is 4.43. The van der Waals surface area contributed by atoms with Gasteiger partial charge in [-0.3, -0.25) is 4.79 Å². The number of nitrogens with zero attached hydrogens (tertiary/aromatic N) is 3. The van der Waals surface area contributed by atoms with Crippen molar-refractivity contribution in [2.24, 2.45) is 11.7 Å². The van der Waals surface area contributed by atoms with Crippen molar-refractivity contribution in [1.82, 2.24) is 14.6 Å². The standard InChI is InChI=1S/C21H24N4O/c1-14(16-4-8-18(9-5-16)21(22)26)15-2-6-17(7-3-15)19-10-12-23-20-11-13-24-25(19)20/h4-5,8-15,17H,2-3,6-7H2,1H3,(H2,22,26)/t14-,15?,17?/m1/s1. The van der Waals surface area contributed by atoms with E-state index in [2.05, 4.69) is 23.1 Å². The van der Waals surface area contributed by atoms with Gasteiger partial charge in [0.15, 0.2) is 5.65 Å². The van der Waals surface area contributed by atoms with Crippen molar-refractivity contribution in [3.63, 3.8) is 0 Å². The number of aromatic nitrogens is 3. The van der Waals surface area contributed by atoms with Gasteiger partial charge >= 0.3 is 0 Å². The van der Waals surface area contributed by atoms with E-state index in [9.17, 15) is 4.79 Å². The molecule has 0 radical (unpaired) electrons. The lowest BCUT2D eigenvalue weighted by Crippen LogP contribution is -2.20. The van der Waals surface area contributed by atoms with Gasteiger partial charge in [-0.1, -0.05) is 19.1 Å². The van der Waals surface area contributed by atoms with Crippen molar-refractivity contribution in [3.8, 4) is 0 Å². The van der Waals surface area contributed by atoms with Crippen molar-refractivity contribution < 1.29 is 4.79 Å². The molecule has 2 N–H and O–H groups in total. The molecule has 0 saturated heterocycles. The lowest BCUT2D eigenvalue weighted by molar-refractivity contribution is 0.100. The Kier molecular flexibility index (Phi) is 4.45. The van der Waals surface area contributed by atoms with Crippen LogP contribution in [-0.2, 0) is 0 Å². The highest BCUT2D eigenvalue weighted by Gasteiger charge is 2.28. The summed E-state index contributed by atoms with van der Waals surface area (Å²) in [5.74, 6) is 1.33. The predicted molar refractivity (Wildman–Crippen MR) is 101 cm³/mol. The molecule has 0 bridgehead atoms. The van der Waals surface area contributed by atoms with Crippen molar-refractivity contribution >= 4 is 11.6 Å². The Hall–Kier alpha value is -2.69. The van der Waals surface area contributed by atoms with Crippen molar-refractivity contribution in [1.29, 1.82) is 0 Å². The van der Waals surface area contributed by atoms with Gasteiger partial charge in [0.25, 0.3) is 0 Å². The maximum absolute atomic E-state index is 11.2. The van der Waals surface area contributed by atoms with Crippen LogP contribution in [0.15, 0.2) is 48.8 Å². The van der Waals surface area contributed by atoms with E-state index >= 15 is 0 Å². The van der Waals surface area contributed by atoms with E-state index < -0.39 is 0 Å². The van der Waals surface area contributed by atoms with Crippen molar-refractivity contribution in [3.05, 3.63) is 65.6 Å². The van der Waals surface area contributed by atoms with Gasteiger partial charge in [-0.05, 0) is 61.3 Å². The Morgan fingerprint density at radius 3 is 2.50 bits per heavy atom. The Morgan fingerprint density at radius 2 is 1.81 bits per heavy atom. The van der Waals surface area contributed by atoms with E-state index in [1.54, 1.807) is 0 Å². The molecule has 1 saturated carbocycles. The fraction of sp³-hybridized carbons (Fsp3) is 0.381. The topological polar surface area (TPSA) is 73.3 Å². The van der Waals surface area contributed by atoms with Gasteiger partial charge in [-0.2, -0.15) is 5.10 Å². The third-order valence-electron chi connectivity index (χ3n) is 5.94. The van der Waals surface area contributed by atoms with Gasteiger partial charge in [0, 0.05) is 29.4 Å². The number of carbonyl (C=O) groups is 1. The van der Waals surface area contributed by atoms with Crippen LogP contribution >= 0.6 is 0 Å². The molecule has 1 amide bonds. The molecule has 1 aliphatic carbocycles. The molecule has 26 heavy (non-hydrogen) atoms. The molecule has 1 aliphatic rings. The van der Waals surface area contributed by atoms with Gasteiger partial charge in [0.05, 0.1) is 6.20 Å². The predicted octanol–water partition coefficient (Wildman–Crippen LogP) is 3.91. The van der Waals surface area contributed by atoms with E-state index in [-0.39, 0.29) is 5.91 Å². The summed E-state index contributed by atoms with van der Waals surface area (Å²) in [4.78, 5) is 15.6. The molecule has 0 aliphatic heterocycles. The highest BCUT2D eigenvalue weighted by molar-refractivity contribution is 5.92. The van der Waals surface area contributed by atoms with E-state index in [0.717, 1.165) is 5.65 Å². The normalized spacial score (nSPS) is 21.6. The molecule has 3 aromatic rings. The minimum Gasteiger partial charge on any atom is -0.366 e. The maximum Gasteiger partial charge on any atom is 0.248 e. The summed E-state index contributed by atoms with van der Waals surface area (Å²) in [5.41, 5.74) is 9.40. The summed E-state index contributed by atoms with van der Waals surface area (Å²) in [7, 11) is 0. The van der Waals surface area contributed by atoms with Crippen LogP contribution in [0.2, 0.25) is 0 Å². The first-order valence-corrected chi connectivity index (χ1v) is 9.32. The van der Waals surface area contributed by atoms with Gasteiger partial charge in [0.2, 0.25) is 5.91 Å². The molecular formula is C21H24N4O. The molecule has 1 atom stereocenters. The summed E-state index contributed by atoms with van der Waals surface area (Å²) < 4.78 is 1.98. The Bertz CT molecular complexity index is 907. The van der Waals surface area contributed by atoms with Crippen LogP contribution in [0.5, 0.6) is 0 Å². The fourth-order valence-electron chi connectivity index (χ4n) is 4.30. The number of nitrogens with two attached hydrogens (primary N) is 1. The molecule has 1 aromatic carbocycles. The number of fused-ring (bicyclic) bond motifs is 1. The number of benzene rings is 1. The number of primary amides is 1. The van der Waals surface area contributed by atoms with Crippen LogP contribution in [-0.4, -0.2) is 20.5 Å².